The molecule has 0 bridgehead atoms. The van der Waals surface area contributed by atoms with Crippen molar-refractivity contribution in [1.29, 1.82) is 0 Å². The van der Waals surface area contributed by atoms with E-state index in [9.17, 15) is 4.79 Å². The van der Waals surface area contributed by atoms with E-state index in [2.05, 4.69) is 10.6 Å². The number of ether oxygens (including phenoxy) is 3. The molecule has 1 amide bonds. The number of carbonyl (C=O) groups is 1. The molecule has 2 saturated heterocycles. The molecule has 0 aromatic rings. The van der Waals surface area contributed by atoms with E-state index in [4.69, 9.17) is 14.2 Å². The van der Waals surface area contributed by atoms with E-state index in [-0.39, 0.29) is 18.1 Å². The maximum atomic E-state index is 11.7. The van der Waals surface area contributed by atoms with E-state index in [0.29, 0.717) is 32.8 Å². The monoisotopic (exact) mass is 286 g/mol. The summed E-state index contributed by atoms with van der Waals surface area (Å²) in [5.74, 6) is 0.0760. The van der Waals surface area contributed by atoms with Crippen molar-refractivity contribution in [2.75, 3.05) is 46.1 Å². The van der Waals surface area contributed by atoms with Crippen LogP contribution in [0.25, 0.3) is 0 Å². The molecule has 0 aliphatic carbocycles. The molecule has 2 unspecified atom stereocenters. The Morgan fingerprint density at radius 2 is 2.35 bits per heavy atom. The normalized spacial score (nSPS) is 26.6. The van der Waals surface area contributed by atoms with Crippen LogP contribution in [0.15, 0.2) is 0 Å². The van der Waals surface area contributed by atoms with Gasteiger partial charge in [0.2, 0.25) is 5.91 Å². The summed E-state index contributed by atoms with van der Waals surface area (Å²) in [5.41, 5.74) is 0. The summed E-state index contributed by atoms with van der Waals surface area (Å²) in [6.07, 6.45) is 3.85. The molecule has 6 heteroatoms. The van der Waals surface area contributed by atoms with Crippen LogP contribution in [-0.4, -0.2) is 64.2 Å². The van der Waals surface area contributed by atoms with Crippen molar-refractivity contribution in [3.63, 3.8) is 0 Å². The molecule has 2 N–H and O–H groups in total. The Morgan fingerprint density at radius 1 is 1.40 bits per heavy atom. The van der Waals surface area contributed by atoms with Gasteiger partial charge in [-0.15, -0.1) is 0 Å². The molecule has 0 aromatic carbocycles. The first-order chi connectivity index (χ1) is 9.84. The molecule has 0 radical (unpaired) electrons. The van der Waals surface area contributed by atoms with Gasteiger partial charge in [-0.2, -0.15) is 0 Å². The molecule has 116 valence electrons. The summed E-state index contributed by atoms with van der Waals surface area (Å²) in [4.78, 5) is 11.7. The second-order valence-electron chi connectivity index (χ2n) is 5.34. The van der Waals surface area contributed by atoms with E-state index < -0.39 is 0 Å². The van der Waals surface area contributed by atoms with Crippen LogP contribution in [0, 0.1) is 0 Å². The highest BCUT2D eigenvalue weighted by Gasteiger charge is 2.17. The molecule has 0 saturated carbocycles. The molecule has 2 aliphatic heterocycles. The minimum absolute atomic E-state index is 0.0760. The van der Waals surface area contributed by atoms with Gasteiger partial charge in [-0.3, -0.25) is 4.79 Å². The second kappa shape index (κ2) is 9.28. The molecule has 2 heterocycles. The van der Waals surface area contributed by atoms with Crippen molar-refractivity contribution in [3.05, 3.63) is 0 Å². The first-order valence-electron chi connectivity index (χ1n) is 7.62. The summed E-state index contributed by atoms with van der Waals surface area (Å²) in [6, 6.07) is 0.152. The molecule has 2 fully saturated rings. The molecule has 2 rings (SSSR count). The molecule has 0 spiro atoms. The van der Waals surface area contributed by atoms with E-state index in [1.54, 1.807) is 0 Å². The zero-order valence-electron chi connectivity index (χ0n) is 12.1. The van der Waals surface area contributed by atoms with Crippen LogP contribution in [0.3, 0.4) is 0 Å². The Bertz CT molecular complexity index is 276. The van der Waals surface area contributed by atoms with Gasteiger partial charge in [-0.25, -0.2) is 0 Å². The van der Waals surface area contributed by atoms with Gasteiger partial charge in [0.25, 0.3) is 0 Å². The summed E-state index contributed by atoms with van der Waals surface area (Å²) >= 11 is 0. The average Bonchev–Trinajstić information content (AvgIpc) is 2.97. The smallest absolute Gasteiger partial charge is 0.221 e. The van der Waals surface area contributed by atoms with Crippen LogP contribution >= 0.6 is 0 Å². The lowest BCUT2D eigenvalue weighted by atomic mass is 10.2. The molecule has 2 aliphatic rings. The maximum Gasteiger partial charge on any atom is 0.221 e. The Kier molecular flexibility index (Phi) is 7.28. The van der Waals surface area contributed by atoms with Crippen LogP contribution < -0.4 is 10.6 Å². The zero-order valence-corrected chi connectivity index (χ0v) is 12.1. The van der Waals surface area contributed by atoms with E-state index in [1.807, 2.05) is 0 Å². The minimum Gasteiger partial charge on any atom is -0.379 e. The number of nitrogens with one attached hydrogen (secondary N) is 2. The lowest BCUT2D eigenvalue weighted by Crippen LogP contribution is -2.44. The van der Waals surface area contributed by atoms with E-state index >= 15 is 0 Å². The Balaban J connectivity index is 1.40. The summed E-state index contributed by atoms with van der Waals surface area (Å²) in [5, 5.41) is 6.18. The second-order valence-corrected chi connectivity index (χ2v) is 5.34. The van der Waals surface area contributed by atoms with Crippen LogP contribution in [0.1, 0.15) is 25.7 Å². The minimum atomic E-state index is 0.0760. The average molecular weight is 286 g/mol. The van der Waals surface area contributed by atoms with E-state index in [1.165, 1.54) is 0 Å². The molecule has 6 nitrogen and oxygen atoms in total. The van der Waals surface area contributed by atoms with Gasteiger partial charge < -0.3 is 24.8 Å². The van der Waals surface area contributed by atoms with Crippen molar-refractivity contribution >= 4 is 5.91 Å². The summed E-state index contributed by atoms with van der Waals surface area (Å²) in [7, 11) is 0. The molecular formula is C14H26N2O4. The number of rotatable bonds is 8. The molecular weight excluding hydrogens is 260 g/mol. The fourth-order valence-electron chi connectivity index (χ4n) is 2.44. The van der Waals surface area contributed by atoms with Gasteiger partial charge >= 0.3 is 0 Å². The number of hydrogen-bond acceptors (Lipinski definition) is 5. The fraction of sp³-hybridized carbons (Fsp3) is 0.929. The number of hydrogen-bond donors (Lipinski definition) is 2. The van der Waals surface area contributed by atoms with Gasteiger partial charge in [0.05, 0.1) is 25.9 Å². The molecule has 2 atom stereocenters. The highest BCUT2D eigenvalue weighted by molar-refractivity contribution is 5.76. The first kappa shape index (κ1) is 15.7. The highest BCUT2D eigenvalue weighted by Crippen LogP contribution is 2.11. The summed E-state index contributed by atoms with van der Waals surface area (Å²) < 4.78 is 16.3. The Labute approximate surface area is 120 Å². The van der Waals surface area contributed by atoms with Gasteiger partial charge in [-0.05, 0) is 19.3 Å². The first-order valence-corrected chi connectivity index (χ1v) is 7.62. The fourth-order valence-corrected chi connectivity index (χ4v) is 2.44. The zero-order chi connectivity index (χ0) is 14.0. The number of amides is 1. The number of carbonyl (C=O) groups excluding carboxylic acids is 1. The largest absolute Gasteiger partial charge is 0.379 e. The van der Waals surface area contributed by atoms with Gasteiger partial charge in [0.1, 0.15) is 0 Å². The quantitative estimate of drug-likeness (QED) is 0.618. The third kappa shape index (κ3) is 6.17. The van der Waals surface area contributed by atoms with E-state index in [0.717, 1.165) is 39.0 Å². The van der Waals surface area contributed by atoms with Crippen molar-refractivity contribution in [3.8, 4) is 0 Å². The van der Waals surface area contributed by atoms with Crippen LogP contribution in [-0.2, 0) is 19.0 Å². The lowest BCUT2D eigenvalue weighted by Gasteiger charge is -2.23. The van der Waals surface area contributed by atoms with Crippen molar-refractivity contribution in [2.24, 2.45) is 0 Å². The maximum absolute atomic E-state index is 11.7. The summed E-state index contributed by atoms with van der Waals surface area (Å²) in [6.45, 7) is 5.07. The predicted molar refractivity (Wildman–Crippen MR) is 74.6 cm³/mol. The topological polar surface area (TPSA) is 68.8 Å². The lowest BCUT2D eigenvalue weighted by molar-refractivity contribution is -0.122. The van der Waals surface area contributed by atoms with Crippen LogP contribution in [0.2, 0.25) is 0 Å². The standard InChI is InChI=1S/C14H26N2O4/c17-14(9-12-10-19-8-5-15-12)16-4-2-6-18-11-13-3-1-7-20-13/h12-13,15H,1-11H2,(H,16,17). The number of morpholine rings is 1. The van der Waals surface area contributed by atoms with Crippen LogP contribution in [0.4, 0.5) is 0 Å². The van der Waals surface area contributed by atoms with Gasteiger partial charge in [0, 0.05) is 38.8 Å². The van der Waals surface area contributed by atoms with Gasteiger partial charge in [-0.1, -0.05) is 0 Å². The molecule has 20 heavy (non-hydrogen) atoms. The van der Waals surface area contributed by atoms with Crippen molar-refractivity contribution < 1.29 is 19.0 Å². The Hall–Kier alpha value is -0.690. The third-order valence-corrected chi connectivity index (χ3v) is 3.55. The Morgan fingerprint density at radius 3 is 3.10 bits per heavy atom. The SMILES string of the molecule is O=C(CC1COCCN1)NCCCOCC1CCCO1. The van der Waals surface area contributed by atoms with Gasteiger partial charge in [0.15, 0.2) is 0 Å². The highest BCUT2D eigenvalue weighted by atomic mass is 16.5. The third-order valence-electron chi connectivity index (χ3n) is 3.55. The molecule has 0 aromatic heterocycles. The van der Waals surface area contributed by atoms with Crippen molar-refractivity contribution in [1.82, 2.24) is 10.6 Å². The van der Waals surface area contributed by atoms with Crippen LogP contribution in [0.5, 0.6) is 0 Å². The van der Waals surface area contributed by atoms with Crippen molar-refractivity contribution in [2.45, 2.75) is 37.8 Å². The predicted octanol–water partition coefficient (Wildman–Crippen LogP) is 0.0668.